The quantitative estimate of drug-likeness (QED) is 0.260. The van der Waals surface area contributed by atoms with E-state index in [0.717, 1.165) is 21.9 Å². The molecule has 2 atom stereocenters. The molecule has 0 radical (unpaired) electrons. The molecule has 0 spiro atoms. The molecule has 3 aromatic rings. The summed E-state index contributed by atoms with van der Waals surface area (Å²) >= 11 is 6.19. The van der Waals surface area contributed by atoms with Crippen LogP contribution in [0.1, 0.15) is 50.3 Å². The highest BCUT2D eigenvalue weighted by molar-refractivity contribution is 7.92. The van der Waals surface area contributed by atoms with Crippen LogP contribution >= 0.6 is 11.6 Å². The van der Waals surface area contributed by atoms with Crippen molar-refractivity contribution >= 4 is 39.1 Å². The van der Waals surface area contributed by atoms with Crippen LogP contribution in [0.3, 0.4) is 0 Å². The monoisotopic (exact) mass is 613 g/mol. The van der Waals surface area contributed by atoms with E-state index >= 15 is 0 Å². The number of carbonyl (C=O) groups excluding carboxylic acids is 2. The van der Waals surface area contributed by atoms with Gasteiger partial charge in [-0.15, -0.1) is 0 Å². The largest absolute Gasteiger partial charge is 0.497 e. The third kappa shape index (κ3) is 8.04. The summed E-state index contributed by atoms with van der Waals surface area (Å²) in [5.41, 5.74) is 2.56. The lowest BCUT2D eigenvalue weighted by atomic mass is 10.1. The van der Waals surface area contributed by atoms with Gasteiger partial charge in [0.15, 0.2) is 0 Å². The number of ether oxygens (including phenoxy) is 1. The Kier molecular flexibility index (Phi) is 11.4. The number of hydrogen-bond acceptors (Lipinski definition) is 5. The number of aryl methyl sites for hydroxylation is 2. The molecule has 0 heterocycles. The van der Waals surface area contributed by atoms with Gasteiger partial charge in [0.25, 0.3) is 10.0 Å². The minimum Gasteiger partial charge on any atom is -0.497 e. The van der Waals surface area contributed by atoms with Gasteiger partial charge in [-0.2, -0.15) is 0 Å². The summed E-state index contributed by atoms with van der Waals surface area (Å²) in [4.78, 5) is 29.2. The van der Waals surface area contributed by atoms with Gasteiger partial charge in [-0.25, -0.2) is 8.42 Å². The van der Waals surface area contributed by atoms with Gasteiger partial charge in [-0.1, -0.05) is 55.3 Å². The maximum atomic E-state index is 14.2. The highest BCUT2D eigenvalue weighted by Crippen LogP contribution is 2.30. The molecular weight excluding hydrogens is 574 g/mol. The number of carbonyl (C=O) groups is 2. The third-order valence-electron chi connectivity index (χ3n) is 7.19. The van der Waals surface area contributed by atoms with E-state index < -0.39 is 28.5 Å². The minimum atomic E-state index is -4.17. The molecule has 42 heavy (non-hydrogen) atoms. The number of anilines is 1. The predicted molar refractivity (Wildman–Crippen MR) is 167 cm³/mol. The number of halogens is 1. The second-order valence-electron chi connectivity index (χ2n) is 10.4. The first-order chi connectivity index (χ1) is 19.9. The van der Waals surface area contributed by atoms with Crippen molar-refractivity contribution in [3.63, 3.8) is 0 Å². The van der Waals surface area contributed by atoms with Gasteiger partial charge < -0.3 is 15.0 Å². The number of amides is 2. The Hall–Kier alpha value is -3.56. The zero-order chi connectivity index (χ0) is 31.0. The predicted octanol–water partition coefficient (Wildman–Crippen LogP) is 5.88. The lowest BCUT2D eigenvalue weighted by Crippen LogP contribution is -2.53. The van der Waals surface area contributed by atoms with Crippen LogP contribution in [0.2, 0.25) is 5.02 Å². The Balaban J connectivity index is 2.10. The van der Waals surface area contributed by atoms with Gasteiger partial charge >= 0.3 is 0 Å². The molecule has 0 aliphatic carbocycles. The fourth-order valence-corrected chi connectivity index (χ4v) is 6.28. The van der Waals surface area contributed by atoms with Crippen LogP contribution in [0, 0.1) is 13.8 Å². The van der Waals surface area contributed by atoms with Gasteiger partial charge in [-0.05, 0) is 87.2 Å². The molecule has 1 N–H and O–H groups in total. The number of benzene rings is 3. The summed E-state index contributed by atoms with van der Waals surface area (Å²) in [6, 6.07) is 17.6. The van der Waals surface area contributed by atoms with Gasteiger partial charge in [-0.3, -0.25) is 13.9 Å². The van der Waals surface area contributed by atoms with Gasteiger partial charge in [0.2, 0.25) is 11.8 Å². The standard InChI is InChI=1S/C32H40ClN3O5S/c1-7-24(5)34-32(38)29(8-2)35(20-25-10-9-11-27(19-25)41-6)31(37)21-36(30-17-14-26(33)18-23(30)4)42(39,40)28-15-12-22(3)13-16-28/h9-19,24,29H,7-8,20-21H2,1-6H3,(H,34,38)/t24-,29+/m1/s1. The first-order valence-electron chi connectivity index (χ1n) is 14.0. The minimum absolute atomic E-state index is 0.0520. The number of rotatable bonds is 13. The second kappa shape index (κ2) is 14.6. The maximum Gasteiger partial charge on any atom is 0.264 e. The van der Waals surface area contributed by atoms with E-state index in [9.17, 15) is 18.0 Å². The van der Waals surface area contributed by atoms with E-state index in [1.54, 1.807) is 56.5 Å². The van der Waals surface area contributed by atoms with Crippen molar-refractivity contribution in [3.05, 3.63) is 88.4 Å². The molecule has 0 aliphatic rings. The van der Waals surface area contributed by atoms with Crippen LogP contribution in [0.4, 0.5) is 5.69 Å². The number of nitrogens with zero attached hydrogens (tertiary/aromatic N) is 2. The first kappa shape index (κ1) is 32.9. The fourth-order valence-electron chi connectivity index (χ4n) is 4.58. The molecule has 0 bridgehead atoms. The summed E-state index contributed by atoms with van der Waals surface area (Å²) < 4.78 is 34.6. The summed E-state index contributed by atoms with van der Waals surface area (Å²) in [5, 5.41) is 3.43. The molecule has 0 unspecified atom stereocenters. The van der Waals surface area contributed by atoms with E-state index in [0.29, 0.717) is 28.4 Å². The Bertz CT molecular complexity index is 1490. The smallest absolute Gasteiger partial charge is 0.264 e. The molecule has 0 aromatic heterocycles. The summed E-state index contributed by atoms with van der Waals surface area (Å²) in [6.07, 6.45) is 1.06. The Morgan fingerprint density at radius 1 is 0.976 bits per heavy atom. The Morgan fingerprint density at radius 2 is 1.67 bits per heavy atom. The Morgan fingerprint density at radius 3 is 2.26 bits per heavy atom. The summed E-state index contributed by atoms with van der Waals surface area (Å²) in [6.45, 7) is 8.87. The van der Waals surface area contributed by atoms with Gasteiger partial charge in [0, 0.05) is 17.6 Å². The van der Waals surface area contributed by atoms with E-state index in [1.807, 2.05) is 39.8 Å². The van der Waals surface area contributed by atoms with Crippen LogP contribution in [0.5, 0.6) is 5.75 Å². The molecule has 0 saturated heterocycles. The van der Waals surface area contributed by atoms with Crippen molar-refractivity contribution in [3.8, 4) is 5.75 Å². The lowest BCUT2D eigenvalue weighted by molar-refractivity contribution is -0.140. The molecule has 2 amide bonds. The Labute approximate surface area is 254 Å². The third-order valence-corrected chi connectivity index (χ3v) is 9.20. The van der Waals surface area contributed by atoms with E-state index in [-0.39, 0.29) is 23.4 Å². The molecule has 3 aromatic carbocycles. The van der Waals surface area contributed by atoms with Crippen LogP contribution in [-0.2, 0) is 26.2 Å². The SMILES string of the molecule is CC[C@@H](C)NC(=O)[C@H](CC)N(Cc1cccc(OC)c1)C(=O)CN(c1ccc(Cl)cc1C)S(=O)(=O)c1ccc(C)cc1. The van der Waals surface area contributed by atoms with Crippen LogP contribution in [0.25, 0.3) is 0 Å². The number of hydrogen-bond donors (Lipinski definition) is 1. The zero-order valence-electron chi connectivity index (χ0n) is 25.1. The maximum absolute atomic E-state index is 14.2. The van der Waals surface area contributed by atoms with Crippen LogP contribution in [-0.4, -0.2) is 50.9 Å². The van der Waals surface area contributed by atoms with Crippen molar-refractivity contribution in [2.75, 3.05) is 18.0 Å². The molecular formula is C32H40ClN3O5S. The topological polar surface area (TPSA) is 96.0 Å². The molecule has 10 heteroatoms. The molecule has 3 rings (SSSR count). The first-order valence-corrected chi connectivity index (χ1v) is 15.8. The molecule has 0 fully saturated rings. The summed E-state index contributed by atoms with van der Waals surface area (Å²) in [7, 11) is -2.62. The van der Waals surface area contributed by atoms with Crippen molar-refractivity contribution in [1.29, 1.82) is 0 Å². The summed E-state index contributed by atoms with van der Waals surface area (Å²) in [5.74, 6) is -0.204. The molecule has 0 saturated carbocycles. The van der Waals surface area contributed by atoms with Crippen molar-refractivity contribution in [2.24, 2.45) is 0 Å². The number of methoxy groups -OCH3 is 1. The lowest BCUT2D eigenvalue weighted by Gasteiger charge is -2.34. The fraction of sp³-hybridized carbons (Fsp3) is 0.375. The molecule has 0 aliphatic heterocycles. The van der Waals surface area contributed by atoms with Crippen LogP contribution in [0.15, 0.2) is 71.6 Å². The normalized spacial score (nSPS) is 12.7. The van der Waals surface area contributed by atoms with Crippen molar-refractivity contribution in [2.45, 2.75) is 71.0 Å². The van der Waals surface area contributed by atoms with E-state index in [2.05, 4.69) is 5.32 Å². The number of nitrogens with one attached hydrogen (secondary N) is 1. The van der Waals surface area contributed by atoms with Gasteiger partial charge in [0.1, 0.15) is 18.3 Å². The van der Waals surface area contributed by atoms with Gasteiger partial charge in [0.05, 0.1) is 17.7 Å². The van der Waals surface area contributed by atoms with E-state index in [4.69, 9.17) is 16.3 Å². The molecule has 8 nitrogen and oxygen atoms in total. The molecule has 226 valence electrons. The van der Waals surface area contributed by atoms with E-state index in [1.165, 1.54) is 17.0 Å². The second-order valence-corrected chi connectivity index (χ2v) is 12.7. The zero-order valence-corrected chi connectivity index (χ0v) is 26.6. The average Bonchev–Trinajstić information content (AvgIpc) is 2.96. The number of sulfonamides is 1. The highest BCUT2D eigenvalue weighted by Gasteiger charge is 2.34. The van der Waals surface area contributed by atoms with Crippen molar-refractivity contribution in [1.82, 2.24) is 10.2 Å². The highest BCUT2D eigenvalue weighted by atomic mass is 35.5. The van der Waals surface area contributed by atoms with Crippen molar-refractivity contribution < 1.29 is 22.7 Å². The average molecular weight is 614 g/mol. The van der Waals surface area contributed by atoms with Crippen LogP contribution < -0.4 is 14.4 Å².